The van der Waals surface area contributed by atoms with Crippen LogP contribution in [0.3, 0.4) is 0 Å². The molecule has 0 saturated heterocycles. The van der Waals surface area contributed by atoms with Gasteiger partial charge in [0.25, 0.3) is 11.6 Å². The maximum atomic E-state index is 13.8. The van der Waals surface area contributed by atoms with Crippen LogP contribution in [-0.4, -0.2) is 41.1 Å². The molecule has 1 aliphatic heterocycles. The van der Waals surface area contributed by atoms with Gasteiger partial charge in [-0.25, -0.2) is 4.98 Å². The van der Waals surface area contributed by atoms with Crippen LogP contribution in [-0.2, 0) is 6.54 Å². The molecule has 0 bridgehead atoms. The number of pyridine rings is 1. The van der Waals surface area contributed by atoms with E-state index >= 15 is 0 Å². The number of carbonyl (C=O) groups is 1. The van der Waals surface area contributed by atoms with Crippen molar-refractivity contribution in [3.05, 3.63) is 64.7 Å². The van der Waals surface area contributed by atoms with Crippen LogP contribution in [0.15, 0.2) is 45.3 Å². The van der Waals surface area contributed by atoms with Gasteiger partial charge in [0.2, 0.25) is 0 Å². The Kier molecular flexibility index (Phi) is 4.54. The van der Waals surface area contributed by atoms with Crippen LogP contribution in [0.25, 0.3) is 22.4 Å². The Balaban J connectivity index is 1.61. The number of carbonyl (C=O) groups excluding carboxylic acids is 1. The molecular formula is C24H24N4O3. The minimum atomic E-state index is -0.0528. The summed E-state index contributed by atoms with van der Waals surface area (Å²) in [5, 5.41) is 4.74. The van der Waals surface area contributed by atoms with Gasteiger partial charge in [0.15, 0.2) is 0 Å². The summed E-state index contributed by atoms with van der Waals surface area (Å²) in [5.41, 5.74) is 5.36. The second-order valence-corrected chi connectivity index (χ2v) is 8.11. The van der Waals surface area contributed by atoms with Crippen molar-refractivity contribution in [1.82, 2.24) is 15.0 Å². The van der Waals surface area contributed by atoms with Crippen LogP contribution in [0, 0.1) is 20.8 Å². The minimum absolute atomic E-state index is 0.0528. The third kappa shape index (κ3) is 3.26. The normalized spacial score (nSPS) is 14.1. The number of rotatable bonds is 2. The predicted octanol–water partition coefficient (Wildman–Crippen LogP) is 4.50. The molecule has 0 spiro atoms. The number of aromatic nitrogens is 2. The Bertz CT molecular complexity index is 1300. The summed E-state index contributed by atoms with van der Waals surface area (Å²) >= 11 is 0. The Labute approximate surface area is 180 Å². The van der Waals surface area contributed by atoms with E-state index in [9.17, 15) is 4.79 Å². The number of hydrogen-bond donors (Lipinski definition) is 0. The molecule has 5 rings (SSSR count). The van der Waals surface area contributed by atoms with E-state index in [0.717, 1.165) is 34.9 Å². The third-order valence-electron chi connectivity index (χ3n) is 5.92. The van der Waals surface area contributed by atoms with Crippen molar-refractivity contribution in [1.29, 1.82) is 0 Å². The molecule has 7 nitrogen and oxygen atoms in total. The fourth-order valence-corrected chi connectivity index (χ4v) is 4.32. The third-order valence-corrected chi connectivity index (χ3v) is 5.92. The lowest BCUT2D eigenvalue weighted by Gasteiger charge is -2.21. The largest absolute Gasteiger partial charge is 0.466 e. The van der Waals surface area contributed by atoms with E-state index in [-0.39, 0.29) is 5.91 Å². The van der Waals surface area contributed by atoms with Gasteiger partial charge < -0.3 is 18.7 Å². The average Bonchev–Trinajstić information content (AvgIpc) is 3.25. The molecule has 1 amide bonds. The lowest BCUT2D eigenvalue weighted by Crippen LogP contribution is -2.34. The quantitative estimate of drug-likeness (QED) is 0.479. The molecule has 0 saturated carbocycles. The fraction of sp³-hybridized carbons (Fsp3) is 0.292. The molecule has 4 aromatic rings. The van der Waals surface area contributed by atoms with Gasteiger partial charge in [-0.15, -0.1) is 0 Å². The van der Waals surface area contributed by atoms with E-state index < -0.39 is 0 Å². The Morgan fingerprint density at radius 1 is 1.10 bits per heavy atom. The molecule has 31 heavy (non-hydrogen) atoms. The van der Waals surface area contributed by atoms with Crippen molar-refractivity contribution in [2.45, 2.75) is 27.3 Å². The van der Waals surface area contributed by atoms with Crippen molar-refractivity contribution in [2.24, 2.45) is 0 Å². The van der Waals surface area contributed by atoms with Crippen LogP contribution < -0.4 is 4.90 Å². The molecule has 7 heteroatoms. The number of aryl methyl sites for hydroxylation is 3. The second-order valence-electron chi connectivity index (χ2n) is 8.11. The Morgan fingerprint density at radius 2 is 1.90 bits per heavy atom. The molecule has 0 unspecified atom stereocenters. The predicted molar refractivity (Wildman–Crippen MR) is 118 cm³/mol. The lowest BCUT2D eigenvalue weighted by molar-refractivity contribution is 0.0753. The van der Waals surface area contributed by atoms with Gasteiger partial charge in [0, 0.05) is 37.9 Å². The first-order valence-corrected chi connectivity index (χ1v) is 10.3. The van der Waals surface area contributed by atoms with Crippen molar-refractivity contribution in [3.8, 4) is 11.3 Å². The summed E-state index contributed by atoms with van der Waals surface area (Å²) in [6.07, 6.45) is 0. The smallest absolute Gasteiger partial charge is 0.259 e. The number of benzene rings is 1. The number of hydrogen-bond acceptors (Lipinski definition) is 6. The van der Waals surface area contributed by atoms with Crippen LogP contribution in [0.1, 0.15) is 33.1 Å². The number of furan rings is 1. The molecule has 0 atom stereocenters. The van der Waals surface area contributed by atoms with E-state index in [0.29, 0.717) is 41.1 Å². The SMILES string of the molecule is Cc1cc(-c2cc(C(=O)N3CCN(C)c4ccccc4C3)c3c(C)noc3n2)c(C)o1. The van der Waals surface area contributed by atoms with E-state index in [2.05, 4.69) is 34.2 Å². The highest BCUT2D eigenvalue weighted by Crippen LogP contribution is 2.32. The summed E-state index contributed by atoms with van der Waals surface area (Å²) in [7, 11) is 2.06. The van der Waals surface area contributed by atoms with Crippen molar-refractivity contribution < 1.29 is 13.7 Å². The molecular weight excluding hydrogens is 392 g/mol. The first-order valence-electron chi connectivity index (χ1n) is 10.3. The molecule has 3 aromatic heterocycles. The molecule has 0 radical (unpaired) electrons. The Morgan fingerprint density at radius 3 is 2.68 bits per heavy atom. The molecule has 1 aliphatic rings. The van der Waals surface area contributed by atoms with Gasteiger partial charge in [-0.2, -0.15) is 0 Å². The van der Waals surface area contributed by atoms with E-state index in [4.69, 9.17) is 8.94 Å². The monoisotopic (exact) mass is 416 g/mol. The summed E-state index contributed by atoms with van der Waals surface area (Å²) in [6, 6.07) is 12.0. The number of para-hydroxylation sites is 1. The fourth-order valence-electron chi connectivity index (χ4n) is 4.32. The number of anilines is 1. The number of amides is 1. The van der Waals surface area contributed by atoms with E-state index in [1.165, 1.54) is 0 Å². The summed E-state index contributed by atoms with van der Waals surface area (Å²) in [4.78, 5) is 22.5. The van der Waals surface area contributed by atoms with Gasteiger partial charge in [-0.1, -0.05) is 23.4 Å². The van der Waals surface area contributed by atoms with Gasteiger partial charge in [-0.3, -0.25) is 4.79 Å². The van der Waals surface area contributed by atoms with Gasteiger partial charge >= 0.3 is 0 Å². The highest BCUT2D eigenvalue weighted by Gasteiger charge is 2.27. The summed E-state index contributed by atoms with van der Waals surface area (Å²) < 4.78 is 11.1. The zero-order valence-corrected chi connectivity index (χ0v) is 18.1. The highest BCUT2D eigenvalue weighted by atomic mass is 16.5. The number of fused-ring (bicyclic) bond motifs is 2. The first-order chi connectivity index (χ1) is 14.9. The highest BCUT2D eigenvalue weighted by molar-refractivity contribution is 6.07. The molecule has 0 N–H and O–H groups in total. The Hall–Kier alpha value is -3.61. The topological polar surface area (TPSA) is 75.6 Å². The molecule has 0 aliphatic carbocycles. The van der Waals surface area contributed by atoms with Crippen LogP contribution in [0.2, 0.25) is 0 Å². The maximum Gasteiger partial charge on any atom is 0.259 e. The summed E-state index contributed by atoms with van der Waals surface area (Å²) in [5.74, 6) is 1.50. The van der Waals surface area contributed by atoms with Crippen molar-refractivity contribution in [3.63, 3.8) is 0 Å². The van der Waals surface area contributed by atoms with Crippen molar-refractivity contribution in [2.75, 3.05) is 25.0 Å². The van der Waals surface area contributed by atoms with Gasteiger partial charge in [0.1, 0.15) is 11.5 Å². The maximum absolute atomic E-state index is 13.8. The lowest BCUT2D eigenvalue weighted by atomic mass is 10.0. The molecule has 0 fully saturated rings. The van der Waals surface area contributed by atoms with Crippen molar-refractivity contribution >= 4 is 22.7 Å². The molecule has 158 valence electrons. The van der Waals surface area contributed by atoms with Gasteiger partial charge in [0.05, 0.1) is 22.3 Å². The average molecular weight is 416 g/mol. The van der Waals surface area contributed by atoms with Gasteiger partial charge in [-0.05, 0) is 44.5 Å². The zero-order chi connectivity index (χ0) is 21.7. The second kappa shape index (κ2) is 7.27. The number of likely N-dealkylation sites (N-methyl/N-ethyl adjacent to an activating group) is 1. The molecule has 1 aromatic carbocycles. The molecule has 4 heterocycles. The van der Waals surface area contributed by atoms with Crippen LogP contribution >= 0.6 is 0 Å². The first kappa shape index (κ1) is 19.4. The minimum Gasteiger partial charge on any atom is -0.466 e. The summed E-state index contributed by atoms with van der Waals surface area (Å²) in [6.45, 7) is 7.55. The van der Waals surface area contributed by atoms with E-state index in [1.807, 2.05) is 49.9 Å². The standard InChI is InChI=1S/C24H24N4O3/c1-14-11-18(16(3)30-14)20-12-19(22-15(2)26-31-23(22)25-20)24(29)28-10-9-27(4)21-8-6-5-7-17(21)13-28/h5-8,11-12H,9-10,13H2,1-4H3. The number of nitrogens with zero attached hydrogens (tertiary/aromatic N) is 4. The van der Waals surface area contributed by atoms with Crippen LogP contribution in [0.4, 0.5) is 5.69 Å². The zero-order valence-electron chi connectivity index (χ0n) is 18.1. The van der Waals surface area contributed by atoms with Crippen LogP contribution in [0.5, 0.6) is 0 Å². The van der Waals surface area contributed by atoms with E-state index in [1.54, 1.807) is 0 Å².